The molecule has 0 aliphatic carbocycles. The van der Waals surface area contributed by atoms with Crippen molar-refractivity contribution >= 4 is 29.5 Å². The second-order valence-corrected chi connectivity index (χ2v) is 6.52. The molecule has 1 aromatic carbocycles. The number of rotatable bonds is 1. The Morgan fingerprint density at radius 2 is 1.95 bits per heavy atom. The van der Waals surface area contributed by atoms with E-state index in [1.807, 2.05) is 20.8 Å². The van der Waals surface area contributed by atoms with Gasteiger partial charge in [0.05, 0.1) is 5.02 Å². The molecule has 2 aliphatic heterocycles. The molecule has 0 radical (unpaired) electrons. The summed E-state index contributed by atoms with van der Waals surface area (Å²) in [4.78, 5) is 16.2. The number of carbonyl (C=O) groups is 1. The number of aliphatic imine (C=N–C) groups is 1. The van der Waals surface area contributed by atoms with Crippen LogP contribution in [0.3, 0.4) is 0 Å². The first kappa shape index (κ1) is 14.9. The van der Waals surface area contributed by atoms with Gasteiger partial charge in [-0.25, -0.2) is 9.79 Å². The van der Waals surface area contributed by atoms with E-state index in [2.05, 4.69) is 4.99 Å². The summed E-state index contributed by atoms with van der Waals surface area (Å²) < 4.78 is 16.2. The fraction of sp³-hybridized carbons (Fsp3) is 0.375. The SMILES string of the molecule is CC(C)(C)C1=N/C(=C\c2cc(Cl)c3c(c2)OCCO3)C(=O)O1. The van der Waals surface area contributed by atoms with Crippen molar-refractivity contribution in [1.29, 1.82) is 0 Å². The largest absolute Gasteiger partial charge is 0.486 e. The maximum absolute atomic E-state index is 11.9. The zero-order chi connectivity index (χ0) is 15.9. The molecule has 5 nitrogen and oxygen atoms in total. The highest BCUT2D eigenvalue weighted by molar-refractivity contribution is 6.32. The average Bonchev–Trinajstić information content (AvgIpc) is 2.80. The average molecular weight is 322 g/mol. The summed E-state index contributed by atoms with van der Waals surface area (Å²) in [6, 6.07) is 3.48. The molecule has 1 aromatic rings. The number of carbonyl (C=O) groups excluding carboxylic acids is 1. The van der Waals surface area contributed by atoms with Gasteiger partial charge < -0.3 is 14.2 Å². The number of fused-ring (bicyclic) bond motifs is 1. The van der Waals surface area contributed by atoms with Crippen LogP contribution in [0.4, 0.5) is 0 Å². The predicted molar refractivity (Wildman–Crippen MR) is 83.4 cm³/mol. The number of nitrogens with zero attached hydrogens (tertiary/aromatic N) is 1. The zero-order valence-electron chi connectivity index (χ0n) is 12.6. The zero-order valence-corrected chi connectivity index (χ0v) is 13.4. The highest BCUT2D eigenvalue weighted by Gasteiger charge is 2.31. The maximum atomic E-state index is 11.9. The van der Waals surface area contributed by atoms with Gasteiger partial charge in [-0.2, -0.15) is 0 Å². The third-order valence-electron chi connectivity index (χ3n) is 3.18. The number of hydrogen-bond acceptors (Lipinski definition) is 5. The van der Waals surface area contributed by atoms with Gasteiger partial charge >= 0.3 is 5.97 Å². The van der Waals surface area contributed by atoms with E-state index in [-0.39, 0.29) is 11.1 Å². The second-order valence-electron chi connectivity index (χ2n) is 6.11. The van der Waals surface area contributed by atoms with E-state index in [4.69, 9.17) is 25.8 Å². The van der Waals surface area contributed by atoms with E-state index in [1.165, 1.54) is 0 Å². The number of benzene rings is 1. The lowest BCUT2D eigenvalue weighted by molar-refractivity contribution is -0.130. The Labute approximate surface area is 133 Å². The molecule has 0 spiro atoms. The van der Waals surface area contributed by atoms with Crippen molar-refractivity contribution in [1.82, 2.24) is 0 Å². The molecule has 116 valence electrons. The molecule has 0 unspecified atom stereocenters. The Kier molecular flexibility index (Phi) is 3.60. The topological polar surface area (TPSA) is 57.1 Å². The molecular weight excluding hydrogens is 306 g/mol. The highest BCUT2D eigenvalue weighted by atomic mass is 35.5. The van der Waals surface area contributed by atoms with Crippen molar-refractivity contribution in [2.75, 3.05) is 13.2 Å². The van der Waals surface area contributed by atoms with Crippen molar-refractivity contribution in [3.05, 3.63) is 28.4 Å². The molecule has 0 N–H and O–H groups in total. The van der Waals surface area contributed by atoms with Crippen LogP contribution < -0.4 is 9.47 Å². The van der Waals surface area contributed by atoms with Gasteiger partial charge in [-0.15, -0.1) is 0 Å². The van der Waals surface area contributed by atoms with Crippen molar-refractivity contribution in [2.24, 2.45) is 10.4 Å². The van der Waals surface area contributed by atoms with E-state index in [1.54, 1.807) is 18.2 Å². The molecule has 0 saturated carbocycles. The summed E-state index contributed by atoms with van der Waals surface area (Å²) in [5.41, 5.74) is 0.633. The van der Waals surface area contributed by atoms with E-state index in [9.17, 15) is 4.79 Å². The van der Waals surface area contributed by atoms with Gasteiger partial charge in [-0.1, -0.05) is 32.4 Å². The van der Waals surface area contributed by atoms with E-state index in [0.29, 0.717) is 41.2 Å². The smallest absolute Gasteiger partial charge is 0.363 e. The molecule has 2 heterocycles. The van der Waals surface area contributed by atoms with Crippen LogP contribution in [0.1, 0.15) is 26.3 Å². The molecule has 0 bridgehead atoms. The highest BCUT2D eigenvalue weighted by Crippen LogP contribution is 2.39. The summed E-state index contributed by atoms with van der Waals surface area (Å²) in [7, 11) is 0. The lowest BCUT2D eigenvalue weighted by atomic mass is 9.97. The van der Waals surface area contributed by atoms with E-state index < -0.39 is 5.97 Å². The van der Waals surface area contributed by atoms with Crippen LogP contribution in [-0.2, 0) is 9.53 Å². The van der Waals surface area contributed by atoms with Gasteiger partial charge in [-0.05, 0) is 23.8 Å². The van der Waals surface area contributed by atoms with Crippen molar-refractivity contribution < 1.29 is 19.0 Å². The summed E-state index contributed by atoms with van der Waals surface area (Å²) in [6.07, 6.45) is 1.63. The molecular formula is C16H16ClNO4. The summed E-state index contributed by atoms with van der Waals surface area (Å²) in [6.45, 7) is 6.74. The van der Waals surface area contributed by atoms with Crippen LogP contribution >= 0.6 is 11.6 Å². The van der Waals surface area contributed by atoms with Crippen LogP contribution in [-0.4, -0.2) is 25.1 Å². The minimum Gasteiger partial charge on any atom is -0.486 e. The van der Waals surface area contributed by atoms with Gasteiger partial charge in [0.15, 0.2) is 17.2 Å². The normalized spacial score (nSPS) is 19.2. The molecule has 0 atom stereocenters. The first-order valence-corrected chi connectivity index (χ1v) is 7.34. The third kappa shape index (κ3) is 2.81. The lowest BCUT2D eigenvalue weighted by Crippen LogP contribution is -2.21. The Morgan fingerprint density at radius 1 is 1.23 bits per heavy atom. The van der Waals surface area contributed by atoms with Gasteiger partial charge in [0, 0.05) is 5.41 Å². The minimum atomic E-state index is -0.462. The summed E-state index contributed by atoms with van der Waals surface area (Å²) >= 11 is 6.18. The van der Waals surface area contributed by atoms with Crippen LogP contribution in [0.25, 0.3) is 6.08 Å². The van der Waals surface area contributed by atoms with Gasteiger partial charge in [0.1, 0.15) is 13.2 Å². The quantitative estimate of drug-likeness (QED) is 0.587. The van der Waals surface area contributed by atoms with Crippen LogP contribution in [0.2, 0.25) is 5.02 Å². The predicted octanol–water partition coefficient (Wildman–Crippen LogP) is 3.45. The first-order chi connectivity index (χ1) is 10.3. The standard InChI is InChI=1S/C16H16ClNO4/c1-16(2,3)15-18-11(14(19)22-15)7-9-6-10(17)13-12(8-9)20-4-5-21-13/h6-8H,4-5H2,1-3H3/b11-7-. The number of cyclic esters (lactones) is 1. The third-order valence-corrected chi connectivity index (χ3v) is 3.47. The monoisotopic (exact) mass is 321 g/mol. The maximum Gasteiger partial charge on any atom is 0.363 e. The molecule has 0 saturated heterocycles. The lowest BCUT2D eigenvalue weighted by Gasteiger charge is -2.19. The van der Waals surface area contributed by atoms with Gasteiger partial charge in [0.25, 0.3) is 0 Å². The first-order valence-electron chi connectivity index (χ1n) is 6.97. The Balaban J connectivity index is 1.97. The number of esters is 1. The molecule has 3 rings (SSSR count). The van der Waals surface area contributed by atoms with Crippen LogP contribution in [0.15, 0.2) is 22.8 Å². The fourth-order valence-corrected chi connectivity index (χ4v) is 2.38. The fourth-order valence-electron chi connectivity index (χ4n) is 2.10. The summed E-state index contributed by atoms with van der Waals surface area (Å²) in [5.74, 6) is 1.04. The Morgan fingerprint density at radius 3 is 2.64 bits per heavy atom. The Hall–Kier alpha value is -2.01. The minimum absolute atomic E-state index is 0.248. The number of halogens is 1. The molecule has 22 heavy (non-hydrogen) atoms. The van der Waals surface area contributed by atoms with Crippen molar-refractivity contribution in [3.8, 4) is 11.5 Å². The molecule has 0 fully saturated rings. The van der Waals surface area contributed by atoms with Crippen molar-refractivity contribution in [3.63, 3.8) is 0 Å². The number of ether oxygens (including phenoxy) is 3. The van der Waals surface area contributed by atoms with Crippen LogP contribution in [0.5, 0.6) is 11.5 Å². The van der Waals surface area contributed by atoms with Crippen LogP contribution in [0, 0.1) is 5.41 Å². The molecule has 6 heteroatoms. The number of hydrogen-bond donors (Lipinski definition) is 0. The Bertz CT molecular complexity index is 701. The van der Waals surface area contributed by atoms with E-state index in [0.717, 1.165) is 0 Å². The van der Waals surface area contributed by atoms with Crippen molar-refractivity contribution in [2.45, 2.75) is 20.8 Å². The van der Waals surface area contributed by atoms with Gasteiger partial charge in [-0.3, -0.25) is 0 Å². The van der Waals surface area contributed by atoms with Gasteiger partial charge in [0.2, 0.25) is 5.90 Å². The molecule has 2 aliphatic rings. The molecule has 0 aromatic heterocycles. The second kappa shape index (κ2) is 5.32. The molecule has 0 amide bonds. The van der Waals surface area contributed by atoms with E-state index >= 15 is 0 Å². The summed E-state index contributed by atoms with van der Waals surface area (Å²) in [5, 5.41) is 0.440.